The Balaban J connectivity index is 2.16. The van der Waals surface area contributed by atoms with Crippen molar-refractivity contribution in [1.82, 2.24) is 4.98 Å². The Morgan fingerprint density at radius 1 is 1.50 bits per heavy atom. The van der Waals surface area contributed by atoms with Gasteiger partial charge in [0.05, 0.1) is 12.8 Å². The molecule has 0 unspecified atom stereocenters. The first-order valence-corrected chi connectivity index (χ1v) is 7.04. The minimum Gasteiger partial charge on any atom is -0.480 e. The molecular weight excluding hydrogens is 318 g/mol. The number of ether oxygens (including phenoxy) is 2. The van der Waals surface area contributed by atoms with Gasteiger partial charge in [0.15, 0.2) is 0 Å². The Hall–Kier alpha value is -0.580. The highest BCUT2D eigenvalue weighted by molar-refractivity contribution is 9.15. The van der Waals surface area contributed by atoms with Crippen LogP contribution >= 0.6 is 27.5 Å². The van der Waals surface area contributed by atoms with Gasteiger partial charge < -0.3 is 9.47 Å². The Morgan fingerprint density at radius 3 is 2.89 bits per heavy atom. The fourth-order valence-electron chi connectivity index (χ4n) is 1.87. The van der Waals surface area contributed by atoms with E-state index in [2.05, 4.69) is 27.0 Å². The second-order valence-corrected chi connectivity index (χ2v) is 5.41. The molecule has 2 rings (SSSR count). The van der Waals surface area contributed by atoms with E-state index in [9.17, 15) is 0 Å². The molecule has 0 atom stereocenters. The first kappa shape index (κ1) is 13.8. The monoisotopic (exact) mass is 331 g/mol. The van der Waals surface area contributed by atoms with E-state index >= 15 is 0 Å². The van der Waals surface area contributed by atoms with Gasteiger partial charge in [-0.25, -0.2) is 4.98 Å². The summed E-state index contributed by atoms with van der Waals surface area (Å²) in [4.78, 5) is 4.36. The molecule has 0 radical (unpaired) electrons. The van der Waals surface area contributed by atoms with Crippen molar-refractivity contribution >= 4 is 32.0 Å². The van der Waals surface area contributed by atoms with Crippen LogP contribution in [0.3, 0.4) is 0 Å². The molecule has 0 bridgehead atoms. The van der Waals surface area contributed by atoms with Crippen molar-refractivity contribution < 1.29 is 9.47 Å². The molecule has 2 heterocycles. The van der Waals surface area contributed by atoms with Crippen molar-refractivity contribution in [3.8, 4) is 5.88 Å². The van der Waals surface area contributed by atoms with Crippen LogP contribution in [0.5, 0.6) is 5.88 Å². The van der Waals surface area contributed by atoms with E-state index in [1.807, 2.05) is 6.07 Å². The topological polar surface area (TPSA) is 31.4 Å². The Morgan fingerprint density at radius 2 is 2.22 bits per heavy atom. The quantitative estimate of drug-likeness (QED) is 0.841. The maximum Gasteiger partial charge on any atom is 0.232 e. The van der Waals surface area contributed by atoms with Crippen LogP contribution in [0, 0.1) is 5.92 Å². The summed E-state index contributed by atoms with van der Waals surface area (Å²) >= 11 is 9.52. The summed E-state index contributed by atoms with van der Waals surface area (Å²) in [7, 11) is 1.56. The lowest BCUT2D eigenvalue weighted by Crippen LogP contribution is -2.13. The average Bonchev–Trinajstić information content (AvgIpc) is 2.40. The number of nitrogens with zero attached hydrogens (tertiary/aromatic N) is 1. The molecule has 18 heavy (non-hydrogen) atoms. The van der Waals surface area contributed by atoms with E-state index in [1.165, 1.54) is 0 Å². The minimum atomic E-state index is 0.450. The summed E-state index contributed by atoms with van der Waals surface area (Å²) in [5.41, 5.74) is 0.836. The molecule has 3 nitrogen and oxygen atoms in total. The highest BCUT2D eigenvalue weighted by Crippen LogP contribution is 2.29. The van der Waals surface area contributed by atoms with Gasteiger partial charge in [0.2, 0.25) is 5.88 Å². The molecule has 0 spiro atoms. The van der Waals surface area contributed by atoms with Gasteiger partial charge in [0.1, 0.15) is 5.02 Å². The highest BCUT2D eigenvalue weighted by atomic mass is 79.9. The summed E-state index contributed by atoms with van der Waals surface area (Å²) in [5, 5.41) is 0.521. The molecule has 0 N–H and O–H groups in total. The summed E-state index contributed by atoms with van der Waals surface area (Å²) < 4.78 is 11.4. The van der Waals surface area contributed by atoms with Gasteiger partial charge in [-0.15, -0.1) is 0 Å². The van der Waals surface area contributed by atoms with E-state index in [-0.39, 0.29) is 0 Å². The molecule has 0 aliphatic carbocycles. The number of methoxy groups -OCH3 is 1. The Kier molecular flexibility index (Phi) is 5.03. The minimum absolute atomic E-state index is 0.450. The van der Waals surface area contributed by atoms with E-state index in [0.717, 1.165) is 36.2 Å². The lowest BCUT2D eigenvalue weighted by Gasteiger charge is -2.19. The Bertz CT molecular complexity index is 445. The van der Waals surface area contributed by atoms with Crippen LogP contribution in [0.4, 0.5) is 0 Å². The standard InChI is InChI=1S/C13H15BrClNO2/c1-17-13-11(15)2-3-12(16-13)10(14)8-9-4-6-18-7-5-9/h2-3,8-9H,4-7H2,1H3/b10-8-. The van der Waals surface area contributed by atoms with Gasteiger partial charge in [-0.1, -0.05) is 17.7 Å². The second kappa shape index (κ2) is 6.55. The van der Waals surface area contributed by atoms with Gasteiger partial charge >= 0.3 is 0 Å². The largest absolute Gasteiger partial charge is 0.480 e. The summed E-state index contributed by atoms with van der Waals surface area (Å²) in [6.07, 6.45) is 4.30. The molecule has 1 saturated heterocycles. The zero-order valence-electron chi connectivity index (χ0n) is 10.2. The number of halogens is 2. The predicted octanol–water partition coefficient (Wildman–Crippen LogP) is 3.91. The van der Waals surface area contributed by atoms with E-state index in [0.29, 0.717) is 16.8 Å². The van der Waals surface area contributed by atoms with Crippen LogP contribution in [0.1, 0.15) is 18.5 Å². The zero-order valence-corrected chi connectivity index (χ0v) is 12.5. The van der Waals surface area contributed by atoms with Gasteiger partial charge in [0, 0.05) is 17.7 Å². The third kappa shape index (κ3) is 3.46. The third-order valence-electron chi connectivity index (χ3n) is 2.90. The smallest absolute Gasteiger partial charge is 0.232 e. The van der Waals surface area contributed by atoms with Crippen LogP contribution in [0.15, 0.2) is 18.2 Å². The molecule has 98 valence electrons. The van der Waals surface area contributed by atoms with E-state index in [1.54, 1.807) is 13.2 Å². The van der Waals surface area contributed by atoms with Crippen molar-refractivity contribution in [1.29, 1.82) is 0 Å². The van der Waals surface area contributed by atoms with Crippen molar-refractivity contribution in [3.05, 3.63) is 28.9 Å². The average molecular weight is 333 g/mol. The summed E-state index contributed by atoms with van der Waals surface area (Å²) in [6, 6.07) is 3.67. The van der Waals surface area contributed by atoms with E-state index < -0.39 is 0 Å². The SMILES string of the molecule is COc1nc(/C(Br)=C/C2CCOCC2)ccc1Cl. The van der Waals surface area contributed by atoms with Crippen molar-refractivity contribution in [2.45, 2.75) is 12.8 Å². The highest BCUT2D eigenvalue weighted by Gasteiger charge is 2.13. The molecule has 5 heteroatoms. The maximum atomic E-state index is 5.95. The molecule has 1 aliphatic rings. The maximum absolute atomic E-state index is 5.95. The molecule has 1 aromatic rings. The van der Waals surface area contributed by atoms with Crippen LogP contribution in [0.2, 0.25) is 5.02 Å². The first-order valence-electron chi connectivity index (χ1n) is 5.86. The number of allylic oxidation sites excluding steroid dienone is 1. The normalized spacial score (nSPS) is 17.8. The van der Waals surface area contributed by atoms with Crippen LogP contribution in [-0.4, -0.2) is 25.3 Å². The van der Waals surface area contributed by atoms with Crippen molar-refractivity contribution in [2.24, 2.45) is 5.92 Å². The van der Waals surface area contributed by atoms with Gasteiger partial charge in [-0.05, 0) is 46.8 Å². The fraction of sp³-hybridized carbons (Fsp3) is 0.462. The van der Waals surface area contributed by atoms with Crippen LogP contribution in [-0.2, 0) is 4.74 Å². The van der Waals surface area contributed by atoms with Crippen LogP contribution < -0.4 is 4.74 Å². The second-order valence-electron chi connectivity index (χ2n) is 4.15. The van der Waals surface area contributed by atoms with Gasteiger partial charge in [0.25, 0.3) is 0 Å². The summed E-state index contributed by atoms with van der Waals surface area (Å²) in [6.45, 7) is 1.66. The molecule has 1 aromatic heterocycles. The van der Waals surface area contributed by atoms with E-state index in [4.69, 9.17) is 21.1 Å². The predicted molar refractivity (Wildman–Crippen MR) is 76.2 cm³/mol. The molecule has 0 aromatic carbocycles. The van der Waals surface area contributed by atoms with Crippen molar-refractivity contribution in [2.75, 3.05) is 20.3 Å². The molecule has 1 aliphatic heterocycles. The molecular formula is C13H15BrClNO2. The lowest BCUT2D eigenvalue weighted by molar-refractivity contribution is 0.0787. The molecule has 0 saturated carbocycles. The molecule has 1 fully saturated rings. The first-order chi connectivity index (χ1) is 8.70. The van der Waals surface area contributed by atoms with Gasteiger partial charge in [-0.2, -0.15) is 0 Å². The number of hydrogen-bond acceptors (Lipinski definition) is 3. The zero-order chi connectivity index (χ0) is 13.0. The number of hydrogen-bond donors (Lipinski definition) is 0. The molecule has 0 amide bonds. The Labute approximate surface area is 120 Å². The van der Waals surface area contributed by atoms with Gasteiger partial charge in [-0.3, -0.25) is 0 Å². The van der Waals surface area contributed by atoms with Crippen LogP contribution in [0.25, 0.3) is 4.48 Å². The number of rotatable bonds is 3. The third-order valence-corrected chi connectivity index (χ3v) is 3.86. The van der Waals surface area contributed by atoms with Crippen molar-refractivity contribution in [3.63, 3.8) is 0 Å². The number of pyridine rings is 1. The number of aromatic nitrogens is 1. The lowest BCUT2D eigenvalue weighted by atomic mass is 9.99. The fourth-order valence-corrected chi connectivity index (χ4v) is 2.65. The summed E-state index contributed by atoms with van der Waals surface area (Å²) in [5.74, 6) is 0.989.